The highest BCUT2D eigenvalue weighted by atomic mass is 16.5. The summed E-state index contributed by atoms with van der Waals surface area (Å²) in [6.45, 7) is 4.73. The molecule has 0 bridgehead atoms. The molecule has 1 atom stereocenters. The Balaban J connectivity index is 1.95. The number of hydrogen-bond donors (Lipinski definition) is 2. The van der Waals surface area contributed by atoms with Crippen LogP contribution in [0, 0.1) is 5.92 Å². The third kappa shape index (κ3) is 3.28. The zero-order valence-electron chi connectivity index (χ0n) is 11.6. The molecule has 2 N–H and O–H groups in total. The number of nitrogens with zero attached hydrogens (tertiary/aromatic N) is 2. The molecule has 1 aliphatic rings. The Morgan fingerprint density at radius 3 is 2.90 bits per heavy atom. The SMILES string of the molecule is CC(C)c1cc(NC(=O)N2CCCC(C(=O)O)C2)no1. The van der Waals surface area contributed by atoms with Gasteiger partial charge in [0, 0.05) is 25.1 Å². The first-order valence-electron chi connectivity index (χ1n) is 6.72. The Bertz CT molecular complexity index is 498. The van der Waals surface area contributed by atoms with Crippen LogP contribution in [0.25, 0.3) is 0 Å². The minimum Gasteiger partial charge on any atom is -0.481 e. The van der Waals surface area contributed by atoms with Crippen LogP contribution >= 0.6 is 0 Å². The van der Waals surface area contributed by atoms with E-state index in [0.717, 1.165) is 0 Å². The van der Waals surface area contributed by atoms with E-state index in [1.165, 1.54) is 4.90 Å². The number of aromatic nitrogens is 1. The van der Waals surface area contributed by atoms with Crippen LogP contribution in [0.3, 0.4) is 0 Å². The van der Waals surface area contributed by atoms with Crippen molar-refractivity contribution < 1.29 is 19.2 Å². The van der Waals surface area contributed by atoms with E-state index < -0.39 is 11.9 Å². The lowest BCUT2D eigenvalue weighted by molar-refractivity contribution is -0.143. The maximum absolute atomic E-state index is 12.1. The molecule has 7 nitrogen and oxygen atoms in total. The van der Waals surface area contributed by atoms with Crippen LogP contribution in [-0.2, 0) is 4.79 Å². The molecule has 2 amide bonds. The molecule has 20 heavy (non-hydrogen) atoms. The van der Waals surface area contributed by atoms with E-state index in [2.05, 4.69) is 10.5 Å². The number of anilines is 1. The minimum atomic E-state index is -0.856. The highest BCUT2D eigenvalue weighted by Crippen LogP contribution is 2.20. The van der Waals surface area contributed by atoms with Crippen molar-refractivity contribution >= 4 is 17.8 Å². The Morgan fingerprint density at radius 2 is 2.30 bits per heavy atom. The standard InChI is InChI=1S/C13H19N3O4/c1-8(2)10-6-11(15-20-10)14-13(19)16-5-3-4-9(7-16)12(17)18/h6,8-9H,3-5,7H2,1-2H3,(H,17,18)(H,14,15,19). The van der Waals surface area contributed by atoms with Crippen molar-refractivity contribution in [1.29, 1.82) is 0 Å². The molecular weight excluding hydrogens is 262 g/mol. The van der Waals surface area contributed by atoms with Gasteiger partial charge in [-0.15, -0.1) is 0 Å². The Hall–Kier alpha value is -2.05. The van der Waals surface area contributed by atoms with Crippen LogP contribution < -0.4 is 5.32 Å². The molecule has 0 spiro atoms. The third-order valence-corrected chi connectivity index (χ3v) is 3.39. The van der Waals surface area contributed by atoms with Gasteiger partial charge >= 0.3 is 12.0 Å². The second-order valence-electron chi connectivity index (χ2n) is 5.32. The topological polar surface area (TPSA) is 95.7 Å². The van der Waals surface area contributed by atoms with Gasteiger partial charge in [0.25, 0.3) is 0 Å². The van der Waals surface area contributed by atoms with Crippen molar-refractivity contribution in [2.24, 2.45) is 5.92 Å². The van der Waals surface area contributed by atoms with E-state index in [-0.39, 0.29) is 18.5 Å². The summed E-state index contributed by atoms with van der Waals surface area (Å²) in [5, 5.41) is 15.4. The maximum atomic E-state index is 12.1. The second-order valence-corrected chi connectivity index (χ2v) is 5.32. The summed E-state index contributed by atoms with van der Waals surface area (Å²) in [5.41, 5.74) is 0. The third-order valence-electron chi connectivity index (χ3n) is 3.39. The molecule has 1 aliphatic heterocycles. The number of carboxylic acids is 1. The van der Waals surface area contributed by atoms with Crippen LogP contribution in [0.4, 0.5) is 10.6 Å². The number of urea groups is 1. The van der Waals surface area contributed by atoms with Crippen LogP contribution in [-0.4, -0.2) is 40.3 Å². The zero-order valence-corrected chi connectivity index (χ0v) is 11.6. The molecule has 1 aromatic heterocycles. The highest BCUT2D eigenvalue weighted by Gasteiger charge is 2.28. The van der Waals surface area contributed by atoms with Gasteiger partial charge in [-0.3, -0.25) is 10.1 Å². The number of nitrogens with one attached hydrogen (secondary N) is 1. The molecule has 0 aromatic carbocycles. The zero-order chi connectivity index (χ0) is 14.7. The fourth-order valence-electron chi connectivity index (χ4n) is 2.17. The first kappa shape index (κ1) is 14.4. The lowest BCUT2D eigenvalue weighted by atomic mass is 9.99. The lowest BCUT2D eigenvalue weighted by Gasteiger charge is -2.30. The minimum absolute atomic E-state index is 0.194. The molecule has 1 aromatic rings. The summed E-state index contributed by atoms with van der Waals surface area (Å²) in [4.78, 5) is 24.5. The average molecular weight is 281 g/mol. The highest BCUT2D eigenvalue weighted by molar-refractivity contribution is 5.88. The summed E-state index contributed by atoms with van der Waals surface area (Å²) in [6, 6.07) is 1.35. The predicted octanol–water partition coefficient (Wildman–Crippen LogP) is 2.13. The molecule has 7 heteroatoms. The first-order valence-corrected chi connectivity index (χ1v) is 6.72. The van der Waals surface area contributed by atoms with Crippen molar-refractivity contribution in [2.45, 2.75) is 32.6 Å². The van der Waals surface area contributed by atoms with E-state index in [1.54, 1.807) is 6.07 Å². The Labute approximate surface area is 116 Å². The average Bonchev–Trinajstić information content (AvgIpc) is 2.87. The van der Waals surface area contributed by atoms with Crippen LogP contribution in [0.1, 0.15) is 38.4 Å². The monoisotopic (exact) mass is 281 g/mol. The van der Waals surface area contributed by atoms with Gasteiger partial charge in [0.15, 0.2) is 5.82 Å². The smallest absolute Gasteiger partial charge is 0.323 e. The molecule has 0 radical (unpaired) electrons. The van der Waals surface area contributed by atoms with Gasteiger partial charge in [-0.05, 0) is 12.8 Å². The van der Waals surface area contributed by atoms with Crippen LogP contribution in [0.2, 0.25) is 0 Å². The fraction of sp³-hybridized carbons (Fsp3) is 0.615. The fourth-order valence-corrected chi connectivity index (χ4v) is 2.17. The summed E-state index contributed by atoms with van der Waals surface area (Å²) in [5.74, 6) is -0.0953. The van der Waals surface area contributed by atoms with E-state index in [9.17, 15) is 9.59 Å². The van der Waals surface area contributed by atoms with Gasteiger partial charge < -0.3 is 14.5 Å². The summed E-state index contributed by atoms with van der Waals surface area (Å²) < 4.78 is 5.10. The molecule has 2 heterocycles. The van der Waals surface area contributed by atoms with Gasteiger partial charge in [-0.25, -0.2) is 4.79 Å². The van der Waals surface area contributed by atoms with Crippen molar-refractivity contribution in [1.82, 2.24) is 10.1 Å². The summed E-state index contributed by atoms with van der Waals surface area (Å²) in [6.07, 6.45) is 1.31. The first-order chi connectivity index (χ1) is 9.47. The van der Waals surface area contributed by atoms with Crippen LogP contribution in [0.15, 0.2) is 10.6 Å². The number of carboxylic acid groups (broad SMARTS) is 1. The maximum Gasteiger partial charge on any atom is 0.323 e. The summed E-state index contributed by atoms with van der Waals surface area (Å²) >= 11 is 0. The molecule has 0 saturated carbocycles. The number of aliphatic carboxylic acids is 1. The van der Waals surface area contributed by atoms with E-state index in [1.807, 2.05) is 13.8 Å². The molecule has 0 aliphatic carbocycles. The van der Waals surface area contributed by atoms with Crippen molar-refractivity contribution in [3.63, 3.8) is 0 Å². The molecule has 2 rings (SSSR count). The van der Waals surface area contributed by atoms with E-state index >= 15 is 0 Å². The predicted molar refractivity (Wildman–Crippen MR) is 71.5 cm³/mol. The number of piperidine rings is 1. The number of carbonyl (C=O) groups is 2. The number of hydrogen-bond acceptors (Lipinski definition) is 4. The van der Waals surface area contributed by atoms with E-state index in [0.29, 0.717) is 31.0 Å². The Morgan fingerprint density at radius 1 is 1.55 bits per heavy atom. The van der Waals surface area contributed by atoms with Gasteiger partial charge in [-0.1, -0.05) is 19.0 Å². The second kappa shape index (κ2) is 5.94. The van der Waals surface area contributed by atoms with Crippen molar-refractivity contribution in [3.8, 4) is 0 Å². The number of rotatable bonds is 3. The van der Waals surface area contributed by atoms with Crippen LogP contribution in [0.5, 0.6) is 0 Å². The lowest BCUT2D eigenvalue weighted by Crippen LogP contribution is -2.44. The largest absolute Gasteiger partial charge is 0.481 e. The Kier molecular flexibility index (Phi) is 4.26. The number of amides is 2. The molecule has 110 valence electrons. The number of carbonyl (C=O) groups excluding carboxylic acids is 1. The number of likely N-dealkylation sites (tertiary alicyclic amines) is 1. The van der Waals surface area contributed by atoms with Crippen molar-refractivity contribution in [2.75, 3.05) is 18.4 Å². The van der Waals surface area contributed by atoms with Gasteiger partial charge in [0.05, 0.1) is 5.92 Å². The quantitative estimate of drug-likeness (QED) is 0.884. The van der Waals surface area contributed by atoms with Gasteiger partial charge in [-0.2, -0.15) is 0 Å². The molecular formula is C13H19N3O4. The molecule has 1 fully saturated rings. The van der Waals surface area contributed by atoms with Gasteiger partial charge in [0.2, 0.25) is 0 Å². The normalized spacial score (nSPS) is 19.1. The molecule has 1 unspecified atom stereocenters. The van der Waals surface area contributed by atoms with Gasteiger partial charge in [0.1, 0.15) is 5.76 Å². The van der Waals surface area contributed by atoms with Crippen molar-refractivity contribution in [3.05, 3.63) is 11.8 Å². The molecule has 1 saturated heterocycles. The van der Waals surface area contributed by atoms with E-state index in [4.69, 9.17) is 9.63 Å². The summed E-state index contributed by atoms with van der Waals surface area (Å²) in [7, 11) is 0.